The molecule has 3 aromatic rings. The van der Waals surface area contributed by atoms with Gasteiger partial charge in [0.25, 0.3) is 0 Å². The second kappa shape index (κ2) is 7.17. The second-order valence-corrected chi connectivity index (χ2v) is 5.88. The summed E-state index contributed by atoms with van der Waals surface area (Å²) in [7, 11) is 0. The molecule has 1 heterocycles. The first-order valence-corrected chi connectivity index (χ1v) is 7.86. The van der Waals surface area contributed by atoms with Gasteiger partial charge in [-0.3, -0.25) is 0 Å². The number of alkyl halides is 3. The van der Waals surface area contributed by atoms with Crippen LogP contribution in [0.15, 0.2) is 48.7 Å². The normalized spacial score (nSPS) is 11.3. The number of hydrogen-bond donors (Lipinski definition) is 2. The van der Waals surface area contributed by atoms with Gasteiger partial charge in [-0.25, -0.2) is 0 Å². The van der Waals surface area contributed by atoms with E-state index in [1.165, 1.54) is 18.3 Å². The van der Waals surface area contributed by atoms with Gasteiger partial charge in [0.05, 0.1) is 16.8 Å². The van der Waals surface area contributed by atoms with Gasteiger partial charge in [-0.1, -0.05) is 29.3 Å². The van der Waals surface area contributed by atoms with Gasteiger partial charge in [0.1, 0.15) is 0 Å². The van der Waals surface area contributed by atoms with Crippen molar-refractivity contribution < 1.29 is 13.2 Å². The van der Waals surface area contributed by atoms with Gasteiger partial charge in [0.15, 0.2) is 5.82 Å². The zero-order chi connectivity index (χ0) is 18.7. The first kappa shape index (κ1) is 17.9. The minimum Gasteiger partial charge on any atom is -0.339 e. The third kappa shape index (κ3) is 4.40. The van der Waals surface area contributed by atoms with Gasteiger partial charge >= 0.3 is 6.18 Å². The molecule has 2 aromatic carbocycles. The molecule has 0 aliphatic heterocycles. The average molecular weight is 380 g/mol. The van der Waals surface area contributed by atoms with Gasteiger partial charge in [0.2, 0.25) is 5.95 Å². The van der Waals surface area contributed by atoms with Crippen LogP contribution >= 0.6 is 11.6 Å². The van der Waals surface area contributed by atoms with Gasteiger partial charge < -0.3 is 10.6 Å². The van der Waals surface area contributed by atoms with Crippen molar-refractivity contribution in [3.63, 3.8) is 0 Å². The number of aromatic nitrogens is 3. The van der Waals surface area contributed by atoms with E-state index in [9.17, 15) is 13.2 Å². The zero-order valence-corrected chi connectivity index (χ0v) is 14.2. The van der Waals surface area contributed by atoms with Gasteiger partial charge in [-0.15, -0.1) is 5.10 Å². The van der Waals surface area contributed by atoms with Crippen molar-refractivity contribution in [2.24, 2.45) is 0 Å². The number of halogens is 4. The van der Waals surface area contributed by atoms with Crippen molar-refractivity contribution >= 4 is 34.7 Å². The largest absolute Gasteiger partial charge is 0.417 e. The summed E-state index contributed by atoms with van der Waals surface area (Å²) < 4.78 is 38.8. The van der Waals surface area contributed by atoms with Crippen LogP contribution in [-0.4, -0.2) is 15.2 Å². The molecule has 0 radical (unpaired) electrons. The summed E-state index contributed by atoms with van der Waals surface area (Å²) in [5.41, 5.74) is 1.13. The predicted molar refractivity (Wildman–Crippen MR) is 94.0 cm³/mol. The van der Waals surface area contributed by atoms with Gasteiger partial charge in [-0.05, 0) is 37.3 Å². The Labute approximate surface area is 152 Å². The highest BCUT2D eigenvalue weighted by atomic mass is 35.5. The van der Waals surface area contributed by atoms with Crippen molar-refractivity contribution in [3.05, 3.63) is 64.8 Å². The molecule has 0 amide bonds. The fourth-order valence-corrected chi connectivity index (χ4v) is 2.38. The minimum atomic E-state index is -4.54. The fraction of sp³-hybridized carbons (Fsp3) is 0.118. The molecule has 2 N–H and O–H groups in total. The van der Waals surface area contributed by atoms with E-state index < -0.39 is 11.7 Å². The number of rotatable bonds is 4. The Balaban J connectivity index is 1.80. The monoisotopic (exact) mass is 379 g/mol. The molecule has 0 aliphatic carbocycles. The Hall–Kier alpha value is -2.87. The summed E-state index contributed by atoms with van der Waals surface area (Å²) in [4.78, 5) is 4.19. The number of aryl methyl sites for hydroxylation is 1. The highest BCUT2D eigenvalue weighted by Gasteiger charge is 2.33. The van der Waals surface area contributed by atoms with E-state index in [-0.39, 0.29) is 22.5 Å². The smallest absolute Gasteiger partial charge is 0.339 e. The summed E-state index contributed by atoms with van der Waals surface area (Å²) >= 11 is 5.61. The Morgan fingerprint density at radius 1 is 0.962 bits per heavy atom. The molecule has 0 saturated carbocycles. The summed E-state index contributed by atoms with van der Waals surface area (Å²) in [5, 5.41) is 13.0. The van der Waals surface area contributed by atoms with E-state index in [2.05, 4.69) is 25.8 Å². The summed E-state index contributed by atoms with van der Waals surface area (Å²) in [6.45, 7) is 1.97. The molecule has 1 aromatic heterocycles. The van der Waals surface area contributed by atoms with Gasteiger partial charge in [-0.2, -0.15) is 23.3 Å². The minimum absolute atomic E-state index is 0.184. The Morgan fingerprint density at radius 3 is 2.35 bits per heavy atom. The highest BCUT2D eigenvalue weighted by Crippen LogP contribution is 2.36. The van der Waals surface area contributed by atoms with Crippen molar-refractivity contribution in [3.8, 4) is 0 Å². The summed E-state index contributed by atoms with van der Waals surface area (Å²) in [6.07, 6.45) is -3.24. The van der Waals surface area contributed by atoms with E-state index in [0.29, 0.717) is 0 Å². The van der Waals surface area contributed by atoms with E-state index >= 15 is 0 Å². The maximum atomic E-state index is 12.9. The molecule has 5 nitrogen and oxygen atoms in total. The van der Waals surface area contributed by atoms with Crippen molar-refractivity contribution in [2.45, 2.75) is 13.1 Å². The Morgan fingerprint density at radius 2 is 1.65 bits per heavy atom. The standard InChI is InChI=1S/C17H13ClF3N5/c1-10-2-4-11(5-3-10)24-16-25-15(9-22-26-16)23-12-6-7-14(18)13(8-12)17(19,20)21/h2-9H,1H3,(H2,23,24,25,26). The number of anilines is 4. The van der Waals surface area contributed by atoms with E-state index in [1.807, 2.05) is 31.2 Å². The molecule has 0 aliphatic rings. The Kier molecular flexibility index (Phi) is 4.94. The molecule has 134 valence electrons. The van der Waals surface area contributed by atoms with Crippen molar-refractivity contribution in [1.82, 2.24) is 15.2 Å². The SMILES string of the molecule is Cc1ccc(Nc2nncc(Nc3ccc(Cl)c(C(F)(F)F)c3)n2)cc1. The predicted octanol–water partition coefficient (Wildman–Crippen LogP) is 5.34. The number of benzene rings is 2. The van der Waals surface area contributed by atoms with Crippen LogP contribution < -0.4 is 10.6 Å². The van der Waals surface area contributed by atoms with Crippen LogP contribution in [0.2, 0.25) is 5.02 Å². The molecule has 0 unspecified atom stereocenters. The van der Waals surface area contributed by atoms with E-state index in [0.717, 1.165) is 17.3 Å². The molecule has 26 heavy (non-hydrogen) atoms. The number of nitrogens with one attached hydrogen (secondary N) is 2. The first-order chi connectivity index (χ1) is 12.3. The van der Waals surface area contributed by atoms with Crippen LogP contribution in [0.3, 0.4) is 0 Å². The number of hydrogen-bond acceptors (Lipinski definition) is 5. The third-order valence-corrected chi connectivity index (χ3v) is 3.74. The lowest BCUT2D eigenvalue weighted by Gasteiger charge is -2.12. The van der Waals surface area contributed by atoms with E-state index in [4.69, 9.17) is 11.6 Å². The third-order valence-electron chi connectivity index (χ3n) is 3.41. The maximum Gasteiger partial charge on any atom is 0.417 e. The van der Waals surface area contributed by atoms with Crippen LogP contribution in [0.4, 0.5) is 36.3 Å². The maximum absolute atomic E-state index is 12.9. The Bertz CT molecular complexity index is 913. The lowest BCUT2D eigenvalue weighted by atomic mass is 10.2. The lowest BCUT2D eigenvalue weighted by Crippen LogP contribution is -2.07. The first-order valence-electron chi connectivity index (χ1n) is 7.48. The van der Waals surface area contributed by atoms with Crippen LogP contribution in [0.25, 0.3) is 0 Å². The van der Waals surface area contributed by atoms with Crippen molar-refractivity contribution in [2.75, 3.05) is 10.6 Å². The summed E-state index contributed by atoms with van der Waals surface area (Å²) in [6, 6.07) is 11.1. The quantitative estimate of drug-likeness (QED) is 0.640. The van der Waals surface area contributed by atoms with Crippen molar-refractivity contribution in [1.29, 1.82) is 0 Å². The lowest BCUT2D eigenvalue weighted by molar-refractivity contribution is -0.137. The topological polar surface area (TPSA) is 62.7 Å². The molecule has 0 atom stereocenters. The van der Waals surface area contributed by atoms with Crippen LogP contribution in [0, 0.1) is 6.92 Å². The fourth-order valence-electron chi connectivity index (χ4n) is 2.15. The molecule has 9 heteroatoms. The molecular weight excluding hydrogens is 367 g/mol. The average Bonchev–Trinajstić information content (AvgIpc) is 2.58. The van der Waals surface area contributed by atoms with Crippen LogP contribution in [0.5, 0.6) is 0 Å². The zero-order valence-electron chi connectivity index (χ0n) is 13.5. The number of nitrogens with zero attached hydrogens (tertiary/aromatic N) is 3. The summed E-state index contributed by atoms with van der Waals surface area (Å²) in [5.74, 6) is 0.453. The van der Waals surface area contributed by atoms with E-state index in [1.54, 1.807) is 0 Å². The molecule has 0 saturated heterocycles. The van der Waals surface area contributed by atoms with Crippen LogP contribution in [0.1, 0.15) is 11.1 Å². The highest BCUT2D eigenvalue weighted by molar-refractivity contribution is 6.31. The second-order valence-electron chi connectivity index (χ2n) is 5.47. The molecular formula is C17H13ClF3N5. The molecule has 0 fully saturated rings. The van der Waals surface area contributed by atoms with Gasteiger partial charge in [0, 0.05) is 11.4 Å². The molecule has 0 bridgehead atoms. The molecule has 3 rings (SSSR count). The van der Waals surface area contributed by atoms with Crippen LogP contribution in [-0.2, 0) is 6.18 Å². The molecule has 0 spiro atoms.